The molecular formula is C21H22IN3O3. The third-order valence-electron chi connectivity index (χ3n) is 4.40. The van der Waals surface area contributed by atoms with Gasteiger partial charge in [-0.25, -0.2) is 4.68 Å². The van der Waals surface area contributed by atoms with Crippen molar-refractivity contribution in [2.24, 2.45) is 0 Å². The number of aliphatic hydroxyl groups excluding tert-OH is 1. The Bertz CT molecular complexity index is 950. The molecule has 146 valence electrons. The summed E-state index contributed by atoms with van der Waals surface area (Å²) in [6.45, 7) is 1.94. The van der Waals surface area contributed by atoms with Crippen LogP contribution in [0.25, 0.3) is 5.69 Å². The molecule has 1 heterocycles. The van der Waals surface area contributed by atoms with Gasteiger partial charge in [-0.3, -0.25) is 4.79 Å². The summed E-state index contributed by atoms with van der Waals surface area (Å²) in [5.41, 5.74) is 3.48. The van der Waals surface area contributed by atoms with E-state index >= 15 is 0 Å². The highest BCUT2D eigenvalue weighted by atomic mass is 127. The number of aryl methyl sites for hydroxylation is 1. The van der Waals surface area contributed by atoms with Gasteiger partial charge in [0.1, 0.15) is 11.4 Å². The largest absolute Gasteiger partial charge is 0.497 e. The number of hydrogen-bond acceptors (Lipinski definition) is 4. The summed E-state index contributed by atoms with van der Waals surface area (Å²) < 4.78 is 7.95. The minimum Gasteiger partial charge on any atom is -0.497 e. The number of carbonyl (C=O) groups excluding carboxylic acids is 1. The number of aliphatic hydroxyl groups is 1. The molecule has 0 radical (unpaired) electrons. The van der Waals surface area contributed by atoms with Crippen LogP contribution < -0.4 is 10.1 Å². The van der Waals surface area contributed by atoms with Crippen LogP contribution in [0.4, 0.5) is 5.69 Å². The molecule has 0 spiro atoms. The Morgan fingerprint density at radius 3 is 2.43 bits per heavy atom. The highest BCUT2D eigenvalue weighted by molar-refractivity contribution is 14.1. The first-order valence-corrected chi connectivity index (χ1v) is 10.1. The van der Waals surface area contributed by atoms with Crippen molar-refractivity contribution in [1.29, 1.82) is 0 Å². The molecule has 1 amide bonds. The molecule has 0 aliphatic heterocycles. The number of hydrogen-bond donors (Lipinski definition) is 2. The van der Waals surface area contributed by atoms with Gasteiger partial charge in [-0.2, -0.15) is 5.10 Å². The van der Waals surface area contributed by atoms with E-state index in [-0.39, 0.29) is 12.5 Å². The van der Waals surface area contributed by atoms with Crippen LogP contribution >= 0.6 is 22.6 Å². The van der Waals surface area contributed by atoms with Gasteiger partial charge in [-0.05, 0) is 84.0 Å². The van der Waals surface area contributed by atoms with Crippen LogP contribution in [0.5, 0.6) is 5.75 Å². The third-order valence-corrected chi connectivity index (χ3v) is 5.12. The van der Waals surface area contributed by atoms with Gasteiger partial charge in [0.25, 0.3) is 5.91 Å². The van der Waals surface area contributed by atoms with E-state index < -0.39 is 0 Å². The monoisotopic (exact) mass is 491 g/mol. The van der Waals surface area contributed by atoms with Crippen molar-refractivity contribution in [2.75, 3.05) is 19.0 Å². The van der Waals surface area contributed by atoms with E-state index in [0.717, 1.165) is 26.3 Å². The van der Waals surface area contributed by atoms with E-state index in [9.17, 15) is 9.90 Å². The first kappa shape index (κ1) is 20.3. The molecule has 0 atom stereocenters. The smallest absolute Gasteiger partial charge is 0.274 e. The molecule has 0 aliphatic rings. The van der Waals surface area contributed by atoms with Crippen LogP contribution in [0.15, 0.2) is 48.5 Å². The molecule has 1 aromatic heterocycles. The summed E-state index contributed by atoms with van der Waals surface area (Å²) in [6, 6.07) is 15.0. The van der Waals surface area contributed by atoms with E-state index in [2.05, 4.69) is 33.0 Å². The number of aromatic nitrogens is 2. The molecule has 0 aliphatic carbocycles. The Morgan fingerprint density at radius 2 is 1.86 bits per heavy atom. The SMILES string of the molecule is CCc1nn(-c2ccc(OC)cc2)c(C(=O)Nc2ccc(I)cc2)c1CCO. The van der Waals surface area contributed by atoms with Crippen LogP contribution in [0.3, 0.4) is 0 Å². The number of rotatable bonds is 7. The maximum absolute atomic E-state index is 13.2. The van der Waals surface area contributed by atoms with E-state index in [0.29, 0.717) is 24.2 Å². The first-order valence-electron chi connectivity index (χ1n) is 9.00. The number of carbonyl (C=O) groups is 1. The maximum atomic E-state index is 13.2. The quantitative estimate of drug-likeness (QED) is 0.493. The van der Waals surface area contributed by atoms with Gasteiger partial charge in [0.2, 0.25) is 0 Å². The van der Waals surface area contributed by atoms with Crippen LogP contribution in [0.1, 0.15) is 28.7 Å². The Labute approximate surface area is 177 Å². The van der Waals surface area contributed by atoms with Gasteiger partial charge < -0.3 is 15.2 Å². The lowest BCUT2D eigenvalue weighted by Crippen LogP contribution is -2.19. The maximum Gasteiger partial charge on any atom is 0.274 e. The Kier molecular flexibility index (Phi) is 6.69. The standard InChI is InChI=1S/C21H22IN3O3/c1-3-19-18(12-13-26)20(21(27)23-15-6-4-14(22)5-7-15)25(24-19)16-8-10-17(28-2)11-9-16/h4-11,26H,3,12-13H2,1-2H3,(H,23,27). The van der Waals surface area contributed by atoms with Crippen LogP contribution in [0.2, 0.25) is 0 Å². The summed E-state index contributed by atoms with van der Waals surface area (Å²) in [5.74, 6) is 0.472. The number of anilines is 1. The molecule has 28 heavy (non-hydrogen) atoms. The number of ether oxygens (including phenoxy) is 1. The van der Waals surface area contributed by atoms with Gasteiger partial charge >= 0.3 is 0 Å². The Morgan fingerprint density at radius 1 is 1.18 bits per heavy atom. The van der Waals surface area contributed by atoms with Crippen molar-refractivity contribution < 1.29 is 14.6 Å². The number of nitrogens with one attached hydrogen (secondary N) is 1. The summed E-state index contributed by atoms with van der Waals surface area (Å²) in [6.07, 6.45) is 1.04. The molecule has 0 bridgehead atoms. The van der Waals surface area contributed by atoms with E-state index in [1.165, 1.54) is 0 Å². The second-order valence-electron chi connectivity index (χ2n) is 6.17. The van der Waals surface area contributed by atoms with Crippen molar-refractivity contribution in [3.63, 3.8) is 0 Å². The predicted molar refractivity (Wildman–Crippen MR) is 117 cm³/mol. The molecular weight excluding hydrogens is 469 g/mol. The topological polar surface area (TPSA) is 76.4 Å². The van der Waals surface area contributed by atoms with Gasteiger partial charge in [-0.15, -0.1) is 0 Å². The van der Waals surface area contributed by atoms with Crippen LogP contribution in [-0.2, 0) is 12.8 Å². The average Bonchev–Trinajstić information content (AvgIpc) is 3.08. The molecule has 2 aromatic carbocycles. The normalized spacial score (nSPS) is 10.7. The molecule has 0 fully saturated rings. The molecule has 0 saturated heterocycles. The highest BCUT2D eigenvalue weighted by Crippen LogP contribution is 2.23. The zero-order valence-corrected chi connectivity index (χ0v) is 17.9. The number of amides is 1. The van der Waals surface area contributed by atoms with Crippen LogP contribution in [0, 0.1) is 3.57 Å². The van der Waals surface area contributed by atoms with Crippen molar-refractivity contribution in [1.82, 2.24) is 9.78 Å². The summed E-state index contributed by atoms with van der Waals surface area (Å²) in [4.78, 5) is 13.2. The number of benzene rings is 2. The molecule has 6 nitrogen and oxygen atoms in total. The molecule has 7 heteroatoms. The summed E-state index contributed by atoms with van der Waals surface area (Å²) >= 11 is 2.22. The second kappa shape index (κ2) is 9.20. The molecule has 3 rings (SSSR count). The van der Waals surface area contributed by atoms with Crippen molar-refractivity contribution >= 4 is 34.2 Å². The number of halogens is 1. The highest BCUT2D eigenvalue weighted by Gasteiger charge is 2.23. The minimum atomic E-state index is -0.257. The zero-order chi connectivity index (χ0) is 20.1. The average molecular weight is 491 g/mol. The van der Waals surface area contributed by atoms with Gasteiger partial charge in [0.05, 0.1) is 18.5 Å². The minimum absolute atomic E-state index is 0.0505. The fourth-order valence-electron chi connectivity index (χ4n) is 3.02. The lowest BCUT2D eigenvalue weighted by Gasteiger charge is -2.11. The third kappa shape index (κ3) is 4.36. The second-order valence-corrected chi connectivity index (χ2v) is 7.42. The van der Waals surface area contributed by atoms with Gasteiger partial charge in [0.15, 0.2) is 0 Å². The molecule has 0 saturated carbocycles. The zero-order valence-electron chi connectivity index (χ0n) is 15.8. The molecule has 3 aromatic rings. The molecule has 2 N–H and O–H groups in total. The first-order chi connectivity index (χ1) is 13.6. The van der Waals surface area contributed by atoms with E-state index in [4.69, 9.17) is 4.74 Å². The lowest BCUT2D eigenvalue weighted by atomic mass is 10.1. The molecule has 0 unspecified atom stereocenters. The van der Waals surface area contributed by atoms with Gasteiger partial charge in [-0.1, -0.05) is 6.92 Å². The Hall–Kier alpha value is -2.39. The number of nitrogens with zero attached hydrogens (tertiary/aromatic N) is 2. The van der Waals surface area contributed by atoms with Crippen molar-refractivity contribution in [3.05, 3.63) is 69.1 Å². The Balaban J connectivity index is 2.05. The van der Waals surface area contributed by atoms with Crippen molar-refractivity contribution in [3.8, 4) is 11.4 Å². The van der Waals surface area contributed by atoms with Crippen LogP contribution in [-0.4, -0.2) is 34.5 Å². The summed E-state index contributed by atoms with van der Waals surface area (Å²) in [7, 11) is 1.61. The van der Waals surface area contributed by atoms with E-state index in [1.54, 1.807) is 11.8 Å². The van der Waals surface area contributed by atoms with Crippen molar-refractivity contribution in [2.45, 2.75) is 19.8 Å². The van der Waals surface area contributed by atoms with E-state index in [1.807, 2.05) is 55.5 Å². The lowest BCUT2D eigenvalue weighted by molar-refractivity contribution is 0.101. The predicted octanol–water partition coefficient (Wildman–Crippen LogP) is 3.84. The number of methoxy groups -OCH3 is 1. The fraction of sp³-hybridized carbons (Fsp3) is 0.238. The van der Waals surface area contributed by atoms with Gasteiger partial charge in [0, 0.05) is 21.4 Å². The fourth-order valence-corrected chi connectivity index (χ4v) is 3.38. The summed E-state index contributed by atoms with van der Waals surface area (Å²) in [5, 5.41) is 17.1.